The number of nitrogens with zero attached hydrogens (tertiary/aromatic N) is 1. The van der Waals surface area contributed by atoms with Crippen LogP contribution in [0.15, 0.2) is 46.4 Å². The van der Waals surface area contributed by atoms with E-state index in [2.05, 4.69) is 20.9 Å². The molecular formula is C14H9BrFNOS. The number of hydrogen-bond acceptors (Lipinski definition) is 3. The van der Waals surface area contributed by atoms with E-state index in [-0.39, 0.29) is 5.56 Å². The molecule has 0 bridgehead atoms. The van der Waals surface area contributed by atoms with Crippen molar-refractivity contribution in [3.05, 3.63) is 63.3 Å². The molecule has 19 heavy (non-hydrogen) atoms. The van der Waals surface area contributed by atoms with Gasteiger partial charge in [-0.1, -0.05) is 12.1 Å². The number of thiophene rings is 1. The predicted octanol–water partition coefficient (Wildman–Crippen LogP) is 4.28. The zero-order valence-corrected chi connectivity index (χ0v) is 12.1. The maximum absolute atomic E-state index is 14.0. The van der Waals surface area contributed by atoms with Crippen molar-refractivity contribution in [2.75, 3.05) is 0 Å². The molecule has 1 aromatic carbocycles. The quantitative estimate of drug-likeness (QED) is 0.757. The fourth-order valence-electron chi connectivity index (χ4n) is 1.92. The smallest absolute Gasteiger partial charge is 0.143 e. The van der Waals surface area contributed by atoms with Crippen molar-refractivity contribution in [3.63, 3.8) is 0 Å². The Morgan fingerprint density at radius 2 is 2.16 bits per heavy atom. The first-order chi connectivity index (χ1) is 9.16. The van der Waals surface area contributed by atoms with Gasteiger partial charge in [0.2, 0.25) is 0 Å². The van der Waals surface area contributed by atoms with Crippen molar-refractivity contribution >= 4 is 37.5 Å². The molecule has 0 saturated heterocycles. The molecule has 3 aromatic rings. The van der Waals surface area contributed by atoms with Gasteiger partial charge < -0.3 is 5.11 Å². The lowest BCUT2D eigenvalue weighted by Crippen LogP contribution is -2.03. The van der Waals surface area contributed by atoms with Crippen molar-refractivity contribution < 1.29 is 9.50 Å². The molecule has 1 N–H and O–H groups in total. The lowest BCUT2D eigenvalue weighted by molar-refractivity contribution is 0.214. The van der Waals surface area contributed by atoms with Crippen LogP contribution in [0.2, 0.25) is 0 Å². The van der Waals surface area contributed by atoms with Crippen LogP contribution in [0.3, 0.4) is 0 Å². The summed E-state index contributed by atoms with van der Waals surface area (Å²) >= 11 is 4.67. The predicted molar refractivity (Wildman–Crippen MR) is 77.8 cm³/mol. The van der Waals surface area contributed by atoms with E-state index in [4.69, 9.17) is 0 Å². The minimum absolute atomic E-state index is 0.243. The Morgan fingerprint density at radius 3 is 3.00 bits per heavy atom. The van der Waals surface area contributed by atoms with Crippen molar-refractivity contribution in [2.24, 2.45) is 0 Å². The molecule has 0 amide bonds. The minimum atomic E-state index is -1.02. The van der Waals surface area contributed by atoms with Crippen molar-refractivity contribution in [1.82, 2.24) is 4.98 Å². The summed E-state index contributed by atoms with van der Waals surface area (Å²) in [6, 6.07) is 8.63. The summed E-state index contributed by atoms with van der Waals surface area (Å²) in [6.07, 6.45) is 0.566. The van der Waals surface area contributed by atoms with Crippen LogP contribution in [0.4, 0.5) is 4.39 Å². The van der Waals surface area contributed by atoms with Crippen molar-refractivity contribution in [2.45, 2.75) is 6.10 Å². The highest BCUT2D eigenvalue weighted by molar-refractivity contribution is 9.10. The molecule has 2 nitrogen and oxygen atoms in total. The summed E-state index contributed by atoms with van der Waals surface area (Å²) < 4.78 is 15.3. The molecule has 0 saturated carbocycles. The molecule has 2 heterocycles. The highest BCUT2D eigenvalue weighted by Gasteiger charge is 2.17. The van der Waals surface area contributed by atoms with Crippen molar-refractivity contribution in [1.29, 1.82) is 0 Å². The number of aliphatic hydroxyl groups is 1. The second-order valence-electron chi connectivity index (χ2n) is 4.12. The average Bonchev–Trinajstić information content (AvgIpc) is 2.88. The second-order valence-corrected chi connectivity index (χ2v) is 5.92. The minimum Gasteiger partial charge on any atom is -0.383 e. The Labute approximate surface area is 121 Å². The molecule has 1 atom stereocenters. The third kappa shape index (κ3) is 2.29. The van der Waals surface area contributed by atoms with Gasteiger partial charge in [0, 0.05) is 17.3 Å². The lowest BCUT2D eigenvalue weighted by Gasteiger charge is -2.12. The van der Waals surface area contributed by atoms with Gasteiger partial charge in [-0.05, 0) is 39.5 Å². The molecule has 3 rings (SSSR count). The molecular weight excluding hydrogens is 329 g/mol. The van der Waals surface area contributed by atoms with Crippen molar-refractivity contribution in [3.8, 4) is 0 Å². The number of hydrogen-bond donors (Lipinski definition) is 1. The molecule has 96 valence electrons. The van der Waals surface area contributed by atoms with E-state index in [1.54, 1.807) is 35.7 Å². The van der Waals surface area contributed by atoms with Crippen LogP contribution in [-0.2, 0) is 0 Å². The average molecular weight is 338 g/mol. The van der Waals surface area contributed by atoms with Gasteiger partial charge in [0.05, 0.1) is 14.7 Å². The number of rotatable bonds is 2. The summed E-state index contributed by atoms with van der Waals surface area (Å²) in [5.74, 6) is -0.443. The second kappa shape index (κ2) is 5.00. The molecule has 0 aliphatic rings. The van der Waals surface area contributed by atoms with Gasteiger partial charge in [-0.3, -0.25) is 4.98 Å². The fourth-order valence-corrected chi connectivity index (χ4v) is 3.09. The Bertz CT molecular complexity index is 743. The largest absolute Gasteiger partial charge is 0.383 e. The number of benzene rings is 1. The molecule has 1 unspecified atom stereocenters. The van der Waals surface area contributed by atoms with Gasteiger partial charge in [-0.15, -0.1) is 11.3 Å². The zero-order chi connectivity index (χ0) is 13.4. The van der Waals surface area contributed by atoms with Crippen LogP contribution < -0.4 is 0 Å². The highest BCUT2D eigenvalue weighted by Crippen LogP contribution is 2.30. The Hall–Kier alpha value is -1.30. The Morgan fingerprint density at radius 1 is 1.32 bits per heavy atom. The summed E-state index contributed by atoms with van der Waals surface area (Å²) in [7, 11) is 0. The summed E-state index contributed by atoms with van der Waals surface area (Å²) in [5.41, 5.74) is 1.72. The van der Waals surface area contributed by atoms with Crippen LogP contribution in [0, 0.1) is 5.82 Å². The Kier molecular flexibility index (Phi) is 3.35. The lowest BCUT2D eigenvalue weighted by atomic mass is 10.0. The molecule has 5 heteroatoms. The maximum Gasteiger partial charge on any atom is 0.143 e. The number of fused-ring (bicyclic) bond motifs is 1. The van der Waals surface area contributed by atoms with Gasteiger partial charge in [-0.25, -0.2) is 4.39 Å². The zero-order valence-electron chi connectivity index (χ0n) is 9.68. The molecule has 2 aromatic heterocycles. The van der Waals surface area contributed by atoms with E-state index >= 15 is 0 Å². The normalized spacial score (nSPS) is 12.8. The SMILES string of the molecule is OC(c1cnc2ccsc2c1)c1cccc(Br)c1F. The molecule has 0 spiro atoms. The number of aliphatic hydroxyl groups excluding tert-OH is 1. The van der Waals surface area contributed by atoms with E-state index < -0.39 is 11.9 Å². The van der Waals surface area contributed by atoms with Crippen LogP contribution >= 0.6 is 27.3 Å². The number of aromatic nitrogens is 1. The van der Waals surface area contributed by atoms with Gasteiger partial charge in [-0.2, -0.15) is 0 Å². The van der Waals surface area contributed by atoms with Gasteiger partial charge in [0.15, 0.2) is 0 Å². The summed E-state index contributed by atoms with van der Waals surface area (Å²) in [5, 5.41) is 12.2. The highest BCUT2D eigenvalue weighted by atomic mass is 79.9. The summed E-state index contributed by atoms with van der Waals surface area (Å²) in [6.45, 7) is 0. The molecule has 0 radical (unpaired) electrons. The first-order valence-corrected chi connectivity index (χ1v) is 7.29. The van der Waals surface area contributed by atoms with E-state index in [1.807, 2.05) is 17.5 Å². The van der Waals surface area contributed by atoms with E-state index in [0.29, 0.717) is 10.0 Å². The maximum atomic E-state index is 14.0. The number of halogens is 2. The monoisotopic (exact) mass is 337 g/mol. The molecule has 0 aliphatic carbocycles. The number of pyridine rings is 1. The van der Waals surface area contributed by atoms with E-state index in [9.17, 15) is 9.50 Å². The van der Waals surface area contributed by atoms with Gasteiger partial charge in [0.1, 0.15) is 11.9 Å². The van der Waals surface area contributed by atoms with E-state index in [1.165, 1.54) is 0 Å². The van der Waals surface area contributed by atoms with Crippen LogP contribution in [0.25, 0.3) is 10.2 Å². The van der Waals surface area contributed by atoms with Crippen LogP contribution in [0.5, 0.6) is 0 Å². The van der Waals surface area contributed by atoms with Crippen LogP contribution in [0.1, 0.15) is 17.2 Å². The van der Waals surface area contributed by atoms with Crippen LogP contribution in [-0.4, -0.2) is 10.1 Å². The summed E-state index contributed by atoms with van der Waals surface area (Å²) in [4.78, 5) is 4.26. The van der Waals surface area contributed by atoms with Gasteiger partial charge >= 0.3 is 0 Å². The molecule has 0 aliphatic heterocycles. The molecule has 0 fully saturated rings. The Balaban J connectivity index is 2.07. The van der Waals surface area contributed by atoms with E-state index in [0.717, 1.165) is 10.2 Å². The topological polar surface area (TPSA) is 33.1 Å². The standard InChI is InChI=1S/C14H9BrFNOS/c15-10-3-1-2-9(13(10)16)14(18)8-6-12-11(17-7-8)4-5-19-12/h1-7,14,18H. The van der Waals surface area contributed by atoms with Gasteiger partial charge in [0.25, 0.3) is 0 Å². The first kappa shape index (κ1) is 12.7. The fraction of sp³-hybridized carbons (Fsp3) is 0.0714. The third-order valence-electron chi connectivity index (χ3n) is 2.92. The first-order valence-electron chi connectivity index (χ1n) is 5.62. The third-order valence-corrected chi connectivity index (χ3v) is 4.38.